The predicted octanol–water partition coefficient (Wildman–Crippen LogP) is -0.358. The highest BCUT2D eigenvalue weighted by atomic mass is 16.2. The smallest absolute Gasteiger partial charge is 0.329 e. The van der Waals surface area contributed by atoms with Crippen LogP contribution < -0.4 is 17.0 Å². The molecule has 6 heteroatoms. The normalized spacial score (nSPS) is 17.2. The number of rotatable bonds is 2. The van der Waals surface area contributed by atoms with Gasteiger partial charge in [-0.1, -0.05) is 6.42 Å². The molecule has 0 spiro atoms. The van der Waals surface area contributed by atoms with Crippen LogP contribution in [0.4, 0.5) is 5.82 Å². The van der Waals surface area contributed by atoms with E-state index in [4.69, 9.17) is 5.73 Å². The second-order valence-corrected chi connectivity index (χ2v) is 4.52. The molecule has 94 valence electrons. The molecule has 0 aromatic carbocycles. The molecule has 0 atom stereocenters. The van der Waals surface area contributed by atoms with Crippen LogP contribution in [0, 0.1) is 0 Å². The molecular weight excluding hydrogens is 220 g/mol. The SMILES string of the molecule is Cn1c(N)c(CN2CCCCC2)c(=O)[nH]c1=O. The number of aromatic nitrogens is 2. The number of nitrogen functional groups attached to an aromatic ring is 1. The van der Waals surface area contributed by atoms with Crippen LogP contribution in [-0.2, 0) is 13.6 Å². The van der Waals surface area contributed by atoms with Gasteiger partial charge >= 0.3 is 5.69 Å². The first-order chi connectivity index (χ1) is 8.09. The monoisotopic (exact) mass is 238 g/mol. The van der Waals surface area contributed by atoms with Crippen molar-refractivity contribution in [3.05, 3.63) is 26.4 Å². The maximum atomic E-state index is 11.7. The molecule has 0 bridgehead atoms. The Morgan fingerprint density at radius 2 is 1.88 bits per heavy atom. The third-order valence-corrected chi connectivity index (χ3v) is 3.30. The van der Waals surface area contributed by atoms with E-state index >= 15 is 0 Å². The summed E-state index contributed by atoms with van der Waals surface area (Å²) in [6.07, 6.45) is 3.56. The van der Waals surface area contributed by atoms with Gasteiger partial charge in [-0.15, -0.1) is 0 Å². The van der Waals surface area contributed by atoms with Gasteiger partial charge < -0.3 is 5.73 Å². The number of nitrogens with one attached hydrogen (secondary N) is 1. The molecule has 2 rings (SSSR count). The molecule has 2 heterocycles. The Morgan fingerprint density at radius 3 is 2.53 bits per heavy atom. The van der Waals surface area contributed by atoms with Crippen molar-refractivity contribution in [3.8, 4) is 0 Å². The van der Waals surface area contributed by atoms with Gasteiger partial charge in [-0.25, -0.2) is 4.79 Å². The maximum absolute atomic E-state index is 11.7. The van der Waals surface area contributed by atoms with Crippen molar-refractivity contribution in [3.63, 3.8) is 0 Å². The minimum atomic E-state index is -0.463. The Balaban J connectivity index is 2.29. The molecule has 0 radical (unpaired) electrons. The first kappa shape index (κ1) is 11.9. The highest BCUT2D eigenvalue weighted by molar-refractivity contribution is 5.37. The number of hydrogen-bond acceptors (Lipinski definition) is 4. The van der Waals surface area contributed by atoms with Gasteiger partial charge in [0.1, 0.15) is 5.82 Å². The lowest BCUT2D eigenvalue weighted by atomic mass is 10.1. The van der Waals surface area contributed by atoms with E-state index in [9.17, 15) is 9.59 Å². The Kier molecular flexibility index (Phi) is 3.33. The van der Waals surface area contributed by atoms with Gasteiger partial charge in [-0.3, -0.25) is 19.2 Å². The van der Waals surface area contributed by atoms with Crippen molar-refractivity contribution in [2.75, 3.05) is 18.8 Å². The molecule has 6 nitrogen and oxygen atoms in total. The predicted molar refractivity (Wildman–Crippen MR) is 65.8 cm³/mol. The number of hydrogen-bond donors (Lipinski definition) is 2. The number of piperidine rings is 1. The summed E-state index contributed by atoms with van der Waals surface area (Å²) in [5.74, 6) is 0.268. The Hall–Kier alpha value is -1.56. The summed E-state index contributed by atoms with van der Waals surface area (Å²) in [4.78, 5) is 27.5. The lowest BCUT2D eigenvalue weighted by Crippen LogP contribution is -2.37. The molecule has 17 heavy (non-hydrogen) atoms. The number of aromatic amines is 1. The quantitative estimate of drug-likeness (QED) is 0.737. The fourth-order valence-corrected chi connectivity index (χ4v) is 2.18. The van der Waals surface area contributed by atoms with Gasteiger partial charge in [-0.05, 0) is 25.9 Å². The second kappa shape index (κ2) is 4.75. The minimum absolute atomic E-state index is 0.268. The Labute approximate surface area is 99.1 Å². The van der Waals surface area contributed by atoms with Gasteiger partial charge in [0.25, 0.3) is 5.56 Å². The standard InChI is InChI=1S/C11H18N4O2/c1-14-9(12)8(10(16)13-11(14)17)7-15-5-3-2-4-6-15/h2-7,12H2,1H3,(H,13,16,17). The summed E-state index contributed by atoms with van der Waals surface area (Å²) in [7, 11) is 1.56. The topological polar surface area (TPSA) is 84.1 Å². The highest BCUT2D eigenvalue weighted by Crippen LogP contribution is 2.13. The van der Waals surface area contributed by atoms with Crippen molar-refractivity contribution in [1.29, 1.82) is 0 Å². The zero-order chi connectivity index (χ0) is 12.4. The Morgan fingerprint density at radius 1 is 1.24 bits per heavy atom. The average molecular weight is 238 g/mol. The second-order valence-electron chi connectivity index (χ2n) is 4.52. The summed E-state index contributed by atoms with van der Waals surface area (Å²) in [5.41, 5.74) is 5.48. The van der Waals surface area contributed by atoms with Crippen molar-refractivity contribution in [1.82, 2.24) is 14.5 Å². The molecule has 0 aliphatic carbocycles. The fourth-order valence-electron chi connectivity index (χ4n) is 2.18. The number of nitrogens with zero attached hydrogens (tertiary/aromatic N) is 2. The third kappa shape index (κ3) is 2.41. The first-order valence-corrected chi connectivity index (χ1v) is 5.89. The van der Waals surface area contributed by atoms with Crippen molar-refractivity contribution in [2.45, 2.75) is 25.8 Å². The zero-order valence-electron chi connectivity index (χ0n) is 10.0. The van der Waals surface area contributed by atoms with Gasteiger partial charge in [0.15, 0.2) is 0 Å². The molecule has 1 aromatic rings. The van der Waals surface area contributed by atoms with E-state index in [-0.39, 0.29) is 11.4 Å². The van der Waals surface area contributed by atoms with E-state index in [1.54, 1.807) is 7.05 Å². The number of likely N-dealkylation sites (tertiary alicyclic amines) is 1. The van der Waals surface area contributed by atoms with Crippen LogP contribution >= 0.6 is 0 Å². The van der Waals surface area contributed by atoms with Crippen molar-refractivity contribution in [2.24, 2.45) is 7.05 Å². The summed E-state index contributed by atoms with van der Waals surface area (Å²) in [6, 6.07) is 0. The lowest BCUT2D eigenvalue weighted by molar-refractivity contribution is 0.220. The largest absolute Gasteiger partial charge is 0.385 e. The molecule has 3 N–H and O–H groups in total. The molecule has 1 saturated heterocycles. The van der Waals surface area contributed by atoms with Gasteiger partial charge in [0, 0.05) is 13.6 Å². The lowest BCUT2D eigenvalue weighted by Gasteiger charge is -2.26. The van der Waals surface area contributed by atoms with E-state index in [0.717, 1.165) is 25.9 Å². The molecule has 0 saturated carbocycles. The van der Waals surface area contributed by atoms with Crippen LogP contribution in [0.5, 0.6) is 0 Å². The van der Waals surface area contributed by atoms with Crippen LogP contribution in [0.25, 0.3) is 0 Å². The van der Waals surface area contributed by atoms with E-state index < -0.39 is 5.69 Å². The molecule has 0 unspecified atom stereocenters. The first-order valence-electron chi connectivity index (χ1n) is 5.89. The molecule has 0 amide bonds. The molecule has 1 fully saturated rings. The summed E-state index contributed by atoms with van der Waals surface area (Å²) < 4.78 is 1.28. The van der Waals surface area contributed by atoms with Crippen molar-refractivity contribution < 1.29 is 0 Å². The number of H-pyrrole nitrogens is 1. The zero-order valence-corrected chi connectivity index (χ0v) is 10.0. The molecule has 1 aliphatic rings. The fraction of sp³-hybridized carbons (Fsp3) is 0.636. The Bertz CT molecular complexity index is 511. The van der Waals surface area contributed by atoms with Crippen LogP contribution in [0.2, 0.25) is 0 Å². The minimum Gasteiger partial charge on any atom is -0.385 e. The highest BCUT2D eigenvalue weighted by Gasteiger charge is 2.16. The van der Waals surface area contributed by atoms with Gasteiger partial charge in [-0.2, -0.15) is 0 Å². The van der Waals surface area contributed by atoms with Crippen LogP contribution in [0.1, 0.15) is 24.8 Å². The third-order valence-electron chi connectivity index (χ3n) is 3.30. The summed E-state index contributed by atoms with van der Waals surface area (Å²) >= 11 is 0. The van der Waals surface area contributed by atoms with Crippen LogP contribution in [0.3, 0.4) is 0 Å². The summed E-state index contributed by atoms with van der Waals surface area (Å²) in [6.45, 7) is 2.50. The van der Waals surface area contributed by atoms with E-state index in [1.165, 1.54) is 11.0 Å². The van der Waals surface area contributed by atoms with Crippen LogP contribution in [-0.4, -0.2) is 27.5 Å². The maximum Gasteiger partial charge on any atom is 0.329 e. The summed E-state index contributed by atoms with van der Waals surface area (Å²) in [5, 5.41) is 0. The van der Waals surface area contributed by atoms with E-state index in [1.807, 2.05) is 0 Å². The molecule has 1 aromatic heterocycles. The van der Waals surface area contributed by atoms with Gasteiger partial charge in [0.2, 0.25) is 0 Å². The van der Waals surface area contributed by atoms with E-state index in [0.29, 0.717) is 12.1 Å². The van der Waals surface area contributed by atoms with E-state index in [2.05, 4.69) is 9.88 Å². The van der Waals surface area contributed by atoms with Gasteiger partial charge in [0.05, 0.1) is 5.56 Å². The number of nitrogens with two attached hydrogens (primary N) is 1. The molecule has 1 aliphatic heterocycles. The van der Waals surface area contributed by atoms with Crippen molar-refractivity contribution >= 4 is 5.82 Å². The average Bonchev–Trinajstić information content (AvgIpc) is 2.33. The molecular formula is C11H18N4O2. The van der Waals surface area contributed by atoms with Crippen LogP contribution in [0.15, 0.2) is 9.59 Å². The number of anilines is 1.